The van der Waals surface area contributed by atoms with E-state index in [9.17, 15) is 44.3 Å². The van der Waals surface area contributed by atoms with Crippen LogP contribution >= 0.6 is 0 Å². The van der Waals surface area contributed by atoms with Crippen LogP contribution in [0.1, 0.15) is 45.7 Å². The van der Waals surface area contributed by atoms with Gasteiger partial charge in [-0.15, -0.1) is 0 Å². The van der Waals surface area contributed by atoms with Crippen molar-refractivity contribution in [1.82, 2.24) is 0 Å². The van der Waals surface area contributed by atoms with Crippen molar-refractivity contribution in [1.29, 1.82) is 0 Å². The molecular weight excluding hydrogens is 458 g/mol. The molecule has 13 heteroatoms. The highest BCUT2D eigenvalue weighted by Gasteiger charge is 2.44. The number of carbonyl (C=O) groups is 2. The van der Waals surface area contributed by atoms with Crippen LogP contribution in [0.2, 0.25) is 0 Å². The largest absolute Gasteiger partial charge is 0.459 e. The van der Waals surface area contributed by atoms with Gasteiger partial charge < -0.3 is 4.74 Å². The molecule has 0 aliphatic heterocycles. The second-order valence-corrected chi connectivity index (χ2v) is 9.46. The lowest BCUT2D eigenvalue weighted by Gasteiger charge is -2.29. The van der Waals surface area contributed by atoms with Crippen LogP contribution in [-0.2, 0) is 41.0 Å². The lowest BCUT2D eigenvalue weighted by molar-refractivity contribution is -0.170. The van der Waals surface area contributed by atoms with Gasteiger partial charge in [-0.25, -0.2) is 0 Å². The first-order valence-corrected chi connectivity index (χ1v) is 9.94. The van der Waals surface area contributed by atoms with E-state index in [2.05, 4.69) is 4.18 Å². The van der Waals surface area contributed by atoms with Crippen molar-refractivity contribution in [2.75, 3.05) is 6.61 Å². The maximum atomic E-state index is 13.0. The number of carbonyl (C=O) groups excluding carboxylic acids is 2. The standard InChI is InChI=1S/C18H20F6O6S/c1-10(25)16(5,14(26)30-15(2,3)4)9-29-31(27,28)13-7-11(17(19,20)21)6-12(8-13)18(22,23)24/h6-8H,9H2,1-5H3. The molecule has 1 atom stereocenters. The molecule has 0 radical (unpaired) electrons. The molecule has 1 rings (SSSR count). The number of ether oxygens (including phenoxy) is 1. The van der Waals surface area contributed by atoms with Gasteiger partial charge in [0.25, 0.3) is 10.1 Å². The van der Waals surface area contributed by atoms with Crippen LogP contribution in [0.4, 0.5) is 26.3 Å². The summed E-state index contributed by atoms with van der Waals surface area (Å²) in [4.78, 5) is 22.8. The fourth-order valence-corrected chi connectivity index (χ4v) is 3.10. The first-order chi connectivity index (χ1) is 13.6. The van der Waals surface area contributed by atoms with E-state index < -0.39 is 67.9 Å². The molecule has 0 heterocycles. The van der Waals surface area contributed by atoms with Gasteiger partial charge >= 0.3 is 18.3 Å². The van der Waals surface area contributed by atoms with Gasteiger partial charge in [0, 0.05) is 0 Å². The van der Waals surface area contributed by atoms with E-state index >= 15 is 0 Å². The predicted molar refractivity (Wildman–Crippen MR) is 94.2 cm³/mol. The van der Waals surface area contributed by atoms with Gasteiger partial charge in [0.1, 0.15) is 16.8 Å². The summed E-state index contributed by atoms with van der Waals surface area (Å²) in [6.07, 6.45) is -10.6. The molecule has 1 unspecified atom stereocenters. The molecule has 0 saturated carbocycles. The van der Waals surface area contributed by atoms with Crippen molar-refractivity contribution >= 4 is 21.9 Å². The molecule has 176 valence electrons. The fourth-order valence-electron chi connectivity index (χ4n) is 2.03. The summed E-state index contributed by atoms with van der Waals surface area (Å²) in [7, 11) is -5.23. The first kappa shape index (κ1) is 26.9. The number of hydrogen-bond donors (Lipinski definition) is 0. The Hall–Kier alpha value is -2.15. The number of Topliss-reactive ketones (excluding diaryl/α,β-unsaturated/α-hetero) is 1. The quantitative estimate of drug-likeness (QED) is 0.261. The summed E-state index contributed by atoms with van der Waals surface area (Å²) in [6, 6.07) is -0.328. The zero-order valence-corrected chi connectivity index (χ0v) is 17.9. The Labute approximate surface area is 174 Å². The van der Waals surface area contributed by atoms with Crippen LogP contribution in [0.15, 0.2) is 23.1 Å². The Morgan fingerprint density at radius 3 is 1.61 bits per heavy atom. The average molecular weight is 478 g/mol. The summed E-state index contributed by atoms with van der Waals surface area (Å²) >= 11 is 0. The van der Waals surface area contributed by atoms with Gasteiger partial charge in [-0.1, -0.05) is 0 Å². The van der Waals surface area contributed by atoms with Gasteiger partial charge in [0.15, 0.2) is 0 Å². The number of rotatable bonds is 6. The molecule has 1 aromatic rings. The van der Waals surface area contributed by atoms with Crippen LogP contribution in [-0.4, -0.2) is 32.4 Å². The minimum Gasteiger partial charge on any atom is -0.459 e. The summed E-state index contributed by atoms with van der Waals surface area (Å²) in [5, 5.41) is 0. The van der Waals surface area contributed by atoms with Gasteiger partial charge in [-0.3, -0.25) is 13.8 Å². The van der Waals surface area contributed by atoms with Crippen molar-refractivity contribution in [2.24, 2.45) is 5.41 Å². The maximum Gasteiger partial charge on any atom is 0.416 e. The van der Waals surface area contributed by atoms with E-state index in [-0.39, 0.29) is 18.2 Å². The highest BCUT2D eigenvalue weighted by atomic mass is 32.2. The SMILES string of the molecule is CC(=O)C(C)(COS(=O)(=O)c1cc(C(F)(F)F)cc(C(F)(F)F)c1)C(=O)OC(C)(C)C. The maximum absolute atomic E-state index is 13.0. The number of alkyl halides is 6. The summed E-state index contributed by atoms with van der Waals surface area (Å²) in [6.45, 7) is 5.09. The van der Waals surface area contributed by atoms with Gasteiger partial charge in [-0.2, -0.15) is 34.8 Å². The van der Waals surface area contributed by atoms with Crippen LogP contribution in [0.5, 0.6) is 0 Å². The second kappa shape index (κ2) is 8.41. The highest BCUT2D eigenvalue weighted by molar-refractivity contribution is 7.86. The number of ketones is 1. The third kappa shape index (κ3) is 6.92. The van der Waals surface area contributed by atoms with Crippen LogP contribution in [0.25, 0.3) is 0 Å². The molecular formula is C18H20F6O6S. The molecule has 0 N–H and O–H groups in total. The topological polar surface area (TPSA) is 86.7 Å². The average Bonchev–Trinajstić information content (AvgIpc) is 2.56. The minimum atomic E-state index is -5.28. The van der Waals surface area contributed by atoms with Crippen molar-refractivity contribution in [3.8, 4) is 0 Å². The summed E-state index contributed by atoms with van der Waals surface area (Å²) < 4.78 is 112. The van der Waals surface area contributed by atoms with Crippen molar-refractivity contribution in [3.05, 3.63) is 29.3 Å². The van der Waals surface area contributed by atoms with Crippen LogP contribution < -0.4 is 0 Å². The van der Waals surface area contributed by atoms with Crippen molar-refractivity contribution in [2.45, 2.75) is 57.5 Å². The summed E-state index contributed by atoms with van der Waals surface area (Å²) in [5.41, 5.74) is -7.00. The predicted octanol–water partition coefficient (Wildman–Crippen LogP) is 4.37. The van der Waals surface area contributed by atoms with E-state index in [0.29, 0.717) is 0 Å². The van der Waals surface area contributed by atoms with E-state index in [4.69, 9.17) is 4.74 Å². The Kier molecular flexibility index (Phi) is 7.30. The number of esters is 1. The van der Waals surface area contributed by atoms with E-state index in [1.165, 1.54) is 20.8 Å². The Bertz CT molecular complexity index is 927. The highest BCUT2D eigenvalue weighted by Crippen LogP contribution is 2.38. The zero-order chi connectivity index (χ0) is 24.6. The molecule has 0 aliphatic carbocycles. The second-order valence-electron chi connectivity index (χ2n) is 7.85. The number of benzene rings is 1. The minimum absolute atomic E-state index is 0.0385. The molecule has 6 nitrogen and oxygen atoms in total. The molecule has 0 aliphatic rings. The summed E-state index contributed by atoms with van der Waals surface area (Å²) in [5.74, 6) is -2.07. The lowest BCUT2D eigenvalue weighted by Crippen LogP contribution is -2.44. The normalized spacial score (nSPS) is 15.3. The molecule has 0 amide bonds. The third-order valence-corrected chi connectivity index (χ3v) is 5.22. The number of hydrogen-bond acceptors (Lipinski definition) is 6. The monoisotopic (exact) mass is 478 g/mol. The van der Waals surface area contributed by atoms with Crippen LogP contribution in [0, 0.1) is 5.41 Å². The van der Waals surface area contributed by atoms with Gasteiger partial charge in [0.05, 0.1) is 22.6 Å². The molecule has 0 saturated heterocycles. The molecule has 0 spiro atoms. The smallest absolute Gasteiger partial charge is 0.416 e. The zero-order valence-electron chi connectivity index (χ0n) is 17.1. The van der Waals surface area contributed by atoms with Crippen molar-refractivity contribution in [3.63, 3.8) is 0 Å². The van der Waals surface area contributed by atoms with Crippen LogP contribution in [0.3, 0.4) is 0 Å². The lowest BCUT2D eigenvalue weighted by atomic mass is 9.87. The first-order valence-electron chi connectivity index (χ1n) is 8.53. The van der Waals surface area contributed by atoms with Crippen molar-refractivity contribution < 1.29 is 53.3 Å². The third-order valence-electron chi connectivity index (χ3n) is 3.98. The van der Waals surface area contributed by atoms with E-state index in [1.807, 2.05) is 0 Å². The molecule has 31 heavy (non-hydrogen) atoms. The molecule has 0 aromatic heterocycles. The van der Waals surface area contributed by atoms with E-state index in [0.717, 1.165) is 13.8 Å². The number of halogens is 6. The van der Waals surface area contributed by atoms with Gasteiger partial charge in [-0.05, 0) is 52.8 Å². The molecule has 0 fully saturated rings. The van der Waals surface area contributed by atoms with E-state index in [1.54, 1.807) is 0 Å². The van der Waals surface area contributed by atoms with Gasteiger partial charge in [0.2, 0.25) is 0 Å². The Balaban J connectivity index is 3.38. The molecule has 0 bridgehead atoms. The molecule has 1 aromatic carbocycles. The Morgan fingerprint density at radius 1 is 0.871 bits per heavy atom. The Morgan fingerprint density at radius 2 is 1.29 bits per heavy atom. The fraction of sp³-hybridized carbons (Fsp3) is 0.556.